The first-order valence-electron chi connectivity index (χ1n) is 3.42. The number of fused-ring (bicyclic) bond motifs is 1. The van der Waals surface area contributed by atoms with Gasteiger partial charge < -0.3 is 0 Å². The van der Waals surface area contributed by atoms with Crippen LogP contribution in [0.25, 0.3) is 11.1 Å². The predicted octanol–water partition coefficient (Wildman–Crippen LogP) is 3.25. The van der Waals surface area contributed by atoms with Crippen LogP contribution in [0.3, 0.4) is 0 Å². The van der Waals surface area contributed by atoms with Crippen molar-refractivity contribution in [2.75, 3.05) is 0 Å². The van der Waals surface area contributed by atoms with Crippen LogP contribution < -0.4 is 0 Å². The Balaban J connectivity index is 0.000000112. The lowest BCUT2D eigenvalue weighted by molar-refractivity contribution is 1.42. The van der Waals surface area contributed by atoms with E-state index in [1.54, 1.807) is 0 Å². The van der Waals surface area contributed by atoms with Gasteiger partial charge in [-0.1, -0.05) is 23.8 Å². The molecule has 0 heterocycles. The Morgan fingerprint density at radius 1 is 1.20 bits per heavy atom. The summed E-state index contributed by atoms with van der Waals surface area (Å²) in [6.45, 7) is 7.50. The summed E-state index contributed by atoms with van der Waals surface area (Å²) in [5, 5.41) is 0. The molecule has 0 fully saturated rings. The summed E-state index contributed by atoms with van der Waals surface area (Å²) in [7, 11) is 0. The van der Waals surface area contributed by atoms with Gasteiger partial charge >= 0.3 is 0 Å². The first kappa shape index (κ1) is 7.07. The van der Waals surface area contributed by atoms with Crippen LogP contribution in [0.1, 0.15) is 13.8 Å². The van der Waals surface area contributed by atoms with Crippen molar-refractivity contribution >= 4 is 0 Å². The Bertz CT molecular complexity index is 225. The average molecular weight is 132 g/mol. The molecule has 0 N–H and O–H groups in total. The number of rotatable bonds is 0. The van der Waals surface area contributed by atoms with Gasteiger partial charge in [0, 0.05) is 0 Å². The van der Waals surface area contributed by atoms with E-state index in [-0.39, 0.29) is 0 Å². The van der Waals surface area contributed by atoms with Gasteiger partial charge in [-0.05, 0) is 31.0 Å². The molecule has 0 aromatic heterocycles. The fourth-order valence-electron chi connectivity index (χ4n) is 0.676. The molecule has 0 unspecified atom stereocenters. The van der Waals surface area contributed by atoms with Crippen LogP contribution in [0.5, 0.6) is 0 Å². The summed E-state index contributed by atoms with van der Waals surface area (Å²) in [6.07, 6.45) is 0. The van der Waals surface area contributed by atoms with Crippen molar-refractivity contribution in [3.63, 3.8) is 0 Å². The van der Waals surface area contributed by atoms with E-state index >= 15 is 0 Å². The van der Waals surface area contributed by atoms with Gasteiger partial charge in [-0.25, -0.2) is 0 Å². The molecule has 0 aliphatic heterocycles. The van der Waals surface area contributed by atoms with Gasteiger partial charge in [0.2, 0.25) is 0 Å². The Kier molecular flexibility index (Phi) is 1.91. The maximum absolute atomic E-state index is 3.56. The first-order valence-corrected chi connectivity index (χ1v) is 3.42. The number of hydrogen-bond acceptors (Lipinski definition) is 0. The molecule has 52 valence electrons. The third-order valence-corrected chi connectivity index (χ3v) is 1.11. The molecule has 0 spiro atoms. The summed E-state index contributed by atoms with van der Waals surface area (Å²) >= 11 is 0. The lowest BCUT2D eigenvalue weighted by Gasteiger charge is -1.65. The van der Waals surface area contributed by atoms with Gasteiger partial charge in [0.1, 0.15) is 0 Å². The maximum Gasteiger partial charge on any atom is -0.0178 e. The van der Waals surface area contributed by atoms with Gasteiger partial charge in [0.15, 0.2) is 0 Å². The Morgan fingerprint density at radius 3 is 1.70 bits per heavy atom. The Morgan fingerprint density at radius 2 is 1.60 bits per heavy atom. The minimum Gasteiger partial charge on any atom is -0.100 e. The second-order valence-corrected chi connectivity index (χ2v) is 2.79. The summed E-state index contributed by atoms with van der Waals surface area (Å²) < 4.78 is 0. The van der Waals surface area contributed by atoms with Gasteiger partial charge in [0.05, 0.1) is 0 Å². The van der Waals surface area contributed by atoms with E-state index in [0.717, 1.165) is 0 Å². The smallest absolute Gasteiger partial charge is 0.0178 e. The fourth-order valence-corrected chi connectivity index (χ4v) is 0.676. The molecule has 0 saturated heterocycles. The third kappa shape index (κ3) is 2.06. The van der Waals surface area contributed by atoms with Crippen LogP contribution in [-0.2, 0) is 0 Å². The van der Waals surface area contributed by atoms with Crippen molar-refractivity contribution in [3.05, 3.63) is 36.4 Å². The van der Waals surface area contributed by atoms with Crippen molar-refractivity contribution in [2.24, 2.45) is 0 Å². The van der Waals surface area contributed by atoms with E-state index in [1.165, 1.54) is 16.7 Å². The second-order valence-electron chi connectivity index (χ2n) is 2.79. The summed E-state index contributed by atoms with van der Waals surface area (Å²) in [6, 6.07) is 8.48. The highest BCUT2D eigenvalue weighted by atomic mass is 14.1. The minimum absolute atomic E-state index is 1.17. The molecule has 0 bridgehead atoms. The molecule has 0 aromatic rings. The molecule has 0 amide bonds. The maximum atomic E-state index is 3.56. The summed E-state index contributed by atoms with van der Waals surface area (Å²) in [5.74, 6) is 0. The summed E-state index contributed by atoms with van der Waals surface area (Å²) in [5.41, 5.74) is 4.02. The van der Waals surface area contributed by atoms with Gasteiger partial charge in [0.25, 0.3) is 0 Å². The SMILES string of the molecule is C=C(C)C.c1cc2cc-2c1. The molecule has 2 aliphatic carbocycles. The van der Waals surface area contributed by atoms with E-state index in [4.69, 9.17) is 0 Å². The summed E-state index contributed by atoms with van der Waals surface area (Å²) in [4.78, 5) is 0. The van der Waals surface area contributed by atoms with Crippen LogP contribution in [0.15, 0.2) is 36.4 Å². The largest absolute Gasteiger partial charge is 0.100 e. The highest BCUT2D eigenvalue weighted by Crippen LogP contribution is 2.32. The predicted molar refractivity (Wildman–Crippen MR) is 45.9 cm³/mol. The molecule has 0 radical (unpaired) electrons. The van der Waals surface area contributed by atoms with E-state index in [0.29, 0.717) is 0 Å². The minimum atomic E-state index is 1.17. The van der Waals surface area contributed by atoms with Crippen LogP contribution in [0.2, 0.25) is 0 Å². The zero-order chi connectivity index (χ0) is 7.56. The zero-order valence-electron chi connectivity index (χ0n) is 6.52. The Labute approximate surface area is 62.2 Å². The van der Waals surface area contributed by atoms with Crippen LogP contribution >= 0.6 is 0 Å². The number of benzene rings is 1. The fraction of sp³-hybridized carbons (Fsp3) is 0.200. The molecule has 0 nitrogen and oxygen atoms in total. The van der Waals surface area contributed by atoms with Crippen molar-refractivity contribution < 1.29 is 0 Å². The van der Waals surface area contributed by atoms with Crippen LogP contribution in [-0.4, -0.2) is 0 Å². The molecule has 10 heavy (non-hydrogen) atoms. The second kappa shape index (κ2) is 2.70. The van der Waals surface area contributed by atoms with Crippen molar-refractivity contribution in [1.82, 2.24) is 0 Å². The van der Waals surface area contributed by atoms with Crippen LogP contribution in [0.4, 0.5) is 0 Å². The normalized spacial score (nSPS) is 9.40. The standard InChI is InChI=1S/C6H4.C4H8/c1-2-5-4-6(5)3-1;1-4(2)3/h1-4H;1H2,2-3H3. The van der Waals surface area contributed by atoms with E-state index in [1.807, 2.05) is 13.8 Å². The average Bonchev–Trinajstić information content (AvgIpc) is 2.40. The van der Waals surface area contributed by atoms with Crippen molar-refractivity contribution in [2.45, 2.75) is 13.8 Å². The van der Waals surface area contributed by atoms with Gasteiger partial charge in [-0.2, -0.15) is 0 Å². The van der Waals surface area contributed by atoms with Crippen molar-refractivity contribution in [3.8, 4) is 11.1 Å². The van der Waals surface area contributed by atoms with Gasteiger partial charge in [-0.15, -0.1) is 6.58 Å². The molecular weight excluding hydrogens is 120 g/mol. The number of hydrogen-bond donors (Lipinski definition) is 0. The molecule has 2 rings (SSSR count). The highest BCUT2D eigenvalue weighted by Gasteiger charge is 2.06. The van der Waals surface area contributed by atoms with Crippen LogP contribution in [0, 0.1) is 0 Å². The lowest BCUT2D eigenvalue weighted by Crippen LogP contribution is -1.43. The number of allylic oxidation sites excluding steroid dienone is 1. The third-order valence-electron chi connectivity index (χ3n) is 1.11. The molecule has 2 aliphatic rings. The van der Waals surface area contributed by atoms with E-state index in [2.05, 4.69) is 30.8 Å². The molecule has 0 atom stereocenters. The van der Waals surface area contributed by atoms with E-state index in [9.17, 15) is 0 Å². The van der Waals surface area contributed by atoms with Crippen molar-refractivity contribution in [1.29, 1.82) is 0 Å². The molecule has 0 aromatic carbocycles. The molecule has 0 saturated carbocycles. The first-order chi connectivity index (χ1) is 4.70. The topological polar surface area (TPSA) is 0 Å². The van der Waals surface area contributed by atoms with E-state index < -0.39 is 0 Å². The Hall–Kier alpha value is -1.04. The lowest BCUT2D eigenvalue weighted by atomic mass is 10.4. The quantitative estimate of drug-likeness (QED) is 0.483. The highest BCUT2D eigenvalue weighted by molar-refractivity contribution is 5.80. The molecular formula is C10H12. The van der Waals surface area contributed by atoms with Gasteiger partial charge in [-0.3, -0.25) is 0 Å². The monoisotopic (exact) mass is 132 g/mol. The zero-order valence-corrected chi connectivity index (χ0v) is 6.52. The molecule has 0 heteroatoms.